The van der Waals surface area contributed by atoms with E-state index >= 15 is 0 Å². The van der Waals surface area contributed by atoms with Crippen LogP contribution in [0.1, 0.15) is 58.6 Å². The van der Waals surface area contributed by atoms with Crippen molar-refractivity contribution >= 4 is 29.9 Å². The molecule has 0 atom stereocenters. The maximum Gasteiger partial charge on any atom is 0.152 e. The highest BCUT2D eigenvalue weighted by Gasteiger charge is 2.19. The third-order valence-corrected chi connectivity index (χ3v) is 7.20. The molecule has 216 valence electrons. The van der Waals surface area contributed by atoms with Crippen LogP contribution in [0.15, 0.2) is 68.5 Å². The first-order valence-electron chi connectivity index (χ1n) is 14.2. The standard InChI is InChI=1S/C32H48N8/c1-24-12-13-28(32(4,5)6)21-29(24)37-31(25(2)30(33)35-23-38(7)8)36-26(3)40-18-10-17-39(19-20-40)22-27-11-9-15-34-16-14-27/h9,12-16,21,23,33,37H,10-11,17-20,22H2,1-8H3/b31-25+,33-30?,35-23?,36-26+. The topological polar surface area (TPSA) is 82.7 Å². The molecule has 1 fully saturated rings. The SMILES string of the molecule is C/C(C(=N)N=CN(C)C)=C(/N=C(\C)N1CCCN(CC2=CC=NC=CC2)CC1)Nc1cc(C(C)(C)C)ccc1C. The van der Waals surface area contributed by atoms with Gasteiger partial charge in [0.1, 0.15) is 11.7 Å². The molecule has 2 heterocycles. The molecular weight excluding hydrogens is 496 g/mol. The minimum absolute atomic E-state index is 0.0265. The second-order valence-corrected chi connectivity index (χ2v) is 11.9. The fourth-order valence-corrected chi connectivity index (χ4v) is 4.56. The zero-order valence-corrected chi connectivity index (χ0v) is 25.8. The van der Waals surface area contributed by atoms with Crippen molar-refractivity contribution < 1.29 is 0 Å². The maximum absolute atomic E-state index is 8.64. The Morgan fingerprint density at radius 1 is 1.15 bits per heavy atom. The first-order chi connectivity index (χ1) is 18.9. The van der Waals surface area contributed by atoms with Crippen molar-refractivity contribution in [2.45, 2.75) is 59.8 Å². The lowest BCUT2D eigenvalue weighted by Gasteiger charge is -2.25. The van der Waals surface area contributed by atoms with Crippen molar-refractivity contribution in [2.75, 3.05) is 52.1 Å². The van der Waals surface area contributed by atoms with Gasteiger partial charge >= 0.3 is 0 Å². The number of nitrogens with zero attached hydrogens (tertiary/aromatic N) is 6. The van der Waals surface area contributed by atoms with E-state index in [2.05, 4.69) is 90.1 Å². The Bertz CT molecular complexity index is 1220. The van der Waals surface area contributed by atoms with Crippen LogP contribution in [-0.2, 0) is 5.41 Å². The van der Waals surface area contributed by atoms with Crippen molar-refractivity contribution in [2.24, 2.45) is 15.0 Å². The van der Waals surface area contributed by atoms with E-state index in [0.29, 0.717) is 11.4 Å². The third kappa shape index (κ3) is 9.30. The van der Waals surface area contributed by atoms with Crippen molar-refractivity contribution in [3.8, 4) is 0 Å². The van der Waals surface area contributed by atoms with Gasteiger partial charge in [0.05, 0.1) is 6.34 Å². The molecule has 8 heteroatoms. The van der Waals surface area contributed by atoms with Crippen LogP contribution in [0.5, 0.6) is 0 Å². The van der Waals surface area contributed by atoms with E-state index in [1.165, 1.54) is 11.1 Å². The molecule has 2 aliphatic heterocycles. The van der Waals surface area contributed by atoms with Gasteiger partial charge in [-0.1, -0.05) is 44.6 Å². The summed E-state index contributed by atoms with van der Waals surface area (Å²) in [6.45, 7) is 17.6. The maximum atomic E-state index is 8.64. The average molecular weight is 545 g/mol. The minimum atomic E-state index is 0.0265. The number of hydrogen-bond donors (Lipinski definition) is 2. The molecule has 1 saturated heterocycles. The number of nitrogens with one attached hydrogen (secondary N) is 2. The van der Waals surface area contributed by atoms with Gasteiger partial charge in [-0.2, -0.15) is 0 Å². The van der Waals surface area contributed by atoms with Gasteiger partial charge in [0.2, 0.25) is 0 Å². The number of benzene rings is 1. The zero-order valence-electron chi connectivity index (χ0n) is 25.8. The van der Waals surface area contributed by atoms with Crippen molar-refractivity contribution in [1.82, 2.24) is 14.7 Å². The van der Waals surface area contributed by atoms with Crippen LogP contribution in [0.2, 0.25) is 0 Å². The van der Waals surface area contributed by atoms with Crippen molar-refractivity contribution in [1.29, 1.82) is 5.41 Å². The lowest BCUT2D eigenvalue weighted by Crippen LogP contribution is -2.34. The number of hydrogen-bond acceptors (Lipinski definition) is 5. The fraction of sp³-hybridized carbons (Fsp3) is 0.500. The quantitative estimate of drug-likeness (QED) is 0.334. The Kier molecular flexibility index (Phi) is 11.0. The Labute approximate surface area is 241 Å². The van der Waals surface area contributed by atoms with E-state index in [4.69, 9.17) is 10.4 Å². The average Bonchev–Trinajstić information content (AvgIpc) is 3.30. The summed E-state index contributed by atoms with van der Waals surface area (Å²) in [5.74, 6) is 1.79. The summed E-state index contributed by atoms with van der Waals surface area (Å²) in [7, 11) is 3.80. The smallest absolute Gasteiger partial charge is 0.152 e. The second kappa shape index (κ2) is 14.2. The van der Waals surface area contributed by atoms with Crippen LogP contribution < -0.4 is 5.32 Å². The molecule has 8 nitrogen and oxygen atoms in total. The highest BCUT2D eigenvalue weighted by Crippen LogP contribution is 2.28. The summed E-state index contributed by atoms with van der Waals surface area (Å²) in [5, 5.41) is 12.2. The number of allylic oxidation sites excluding steroid dienone is 2. The molecule has 0 amide bonds. The van der Waals surface area contributed by atoms with Gasteiger partial charge in [-0.05, 0) is 62.3 Å². The van der Waals surface area contributed by atoms with Gasteiger partial charge in [0.15, 0.2) is 5.84 Å². The van der Waals surface area contributed by atoms with Gasteiger partial charge in [-0.15, -0.1) is 0 Å². The van der Waals surface area contributed by atoms with Gasteiger partial charge in [0.25, 0.3) is 0 Å². The normalized spacial score (nSPS) is 17.9. The van der Waals surface area contributed by atoms with Crippen LogP contribution in [0.3, 0.4) is 0 Å². The van der Waals surface area contributed by atoms with E-state index in [0.717, 1.165) is 62.7 Å². The van der Waals surface area contributed by atoms with Crippen LogP contribution in [-0.4, -0.2) is 85.7 Å². The summed E-state index contributed by atoms with van der Waals surface area (Å²) >= 11 is 0. The van der Waals surface area contributed by atoms with Gasteiger partial charge in [-0.25, -0.2) is 9.98 Å². The van der Waals surface area contributed by atoms with Crippen molar-refractivity contribution in [3.63, 3.8) is 0 Å². The van der Waals surface area contributed by atoms with E-state index in [1.54, 1.807) is 6.34 Å². The molecule has 0 aromatic heterocycles. The number of anilines is 1. The van der Waals surface area contributed by atoms with Gasteiger partial charge < -0.3 is 15.1 Å². The molecule has 1 aromatic carbocycles. The first-order valence-corrected chi connectivity index (χ1v) is 14.2. The van der Waals surface area contributed by atoms with Crippen LogP contribution >= 0.6 is 0 Å². The number of aliphatic imine (C=N–C) groups is 3. The predicted octanol–water partition coefficient (Wildman–Crippen LogP) is 5.84. The number of rotatable bonds is 7. The molecule has 0 bridgehead atoms. The van der Waals surface area contributed by atoms with Gasteiger partial charge in [-0.3, -0.25) is 15.3 Å². The summed E-state index contributed by atoms with van der Waals surface area (Å²) < 4.78 is 0. The first kappa shape index (κ1) is 31.0. The van der Waals surface area contributed by atoms with E-state index < -0.39 is 0 Å². The highest BCUT2D eigenvalue weighted by molar-refractivity contribution is 6.01. The highest BCUT2D eigenvalue weighted by atomic mass is 15.3. The molecule has 40 heavy (non-hydrogen) atoms. The molecule has 0 spiro atoms. The molecule has 2 aliphatic rings. The molecule has 0 aliphatic carbocycles. The zero-order chi connectivity index (χ0) is 29.3. The summed E-state index contributed by atoms with van der Waals surface area (Å²) in [5.41, 5.74) is 5.50. The molecule has 3 rings (SSSR count). The Hall–Kier alpha value is -3.52. The molecule has 0 unspecified atom stereocenters. The molecule has 1 aromatic rings. The largest absolute Gasteiger partial charge is 0.369 e. The van der Waals surface area contributed by atoms with Crippen LogP contribution in [0.25, 0.3) is 0 Å². The Balaban J connectivity index is 1.86. The summed E-state index contributed by atoms with van der Waals surface area (Å²) in [6.07, 6.45) is 11.7. The fourth-order valence-electron chi connectivity index (χ4n) is 4.56. The number of aryl methyl sites for hydroxylation is 1. The number of amidine groups is 2. The van der Waals surface area contributed by atoms with Crippen molar-refractivity contribution in [3.05, 3.63) is 64.6 Å². The van der Waals surface area contributed by atoms with E-state index in [-0.39, 0.29) is 11.3 Å². The second-order valence-electron chi connectivity index (χ2n) is 11.9. The Morgan fingerprint density at radius 2 is 1.93 bits per heavy atom. The molecule has 2 N–H and O–H groups in total. The lowest BCUT2D eigenvalue weighted by atomic mass is 9.86. The third-order valence-electron chi connectivity index (χ3n) is 7.20. The summed E-state index contributed by atoms with van der Waals surface area (Å²) in [4.78, 5) is 20.4. The van der Waals surface area contributed by atoms with Crippen LogP contribution in [0, 0.1) is 12.3 Å². The molecule has 0 radical (unpaired) electrons. The van der Waals surface area contributed by atoms with Crippen LogP contribution in [0.4, 0.5) is 5.69 Å². The predicted molar refractivity (Wildman–Crippen MR) is 172 cm³/mol. The molecule has 0 saturated carbocycles. The summed E-state index contributed by atoms with van der Waals surface area (Å²) in [6, 6.07) is 6.54. The van der Waals surface area contributed by atoms with E-state index in [1.807, 2.05) is 38.3 Å². The monoisotopic (exact) mass is 544 g/mol. The minimum Gasteiger partial charge on any atom is -0.369 e. The molecular formula is C32H48N8. The Morgan fingerprint density at radius 3 is 2.65 bits per heavy atom. The lowest BCUT2D eigenvalue weighted by molar-refractivity contribution is 0.307. The van der Waals surface area contributed by atoms with E-state index in [9.17, 15) is 0 Å². The van der Waals surface area contributed by atoms with Gasteiger partial charge in [0, 0.05) is 70.5 Å².